The zero-order valence-electron chi connectivity index (χ0n) is 11.5. The average Bonchev–Trinajstić information content (AvgIpc) is 2.91. The highest BCUT2D eigenvalue weighted by atomic mass is 19.4. The standard InChI is InChI=1S/C13H12F3N3O3/c1-2-22-12(21)8-3-5-9(6-4-8)19-11(13(14,15)16)10(7-20)17-18-19/h3-6,20H,2,7H2,1H3. The molecule has 0 saturated carbocycles. The van der Waals surface area contributed by atoms with Crippen LogP contribution in [0.4, 0.5) is 13.2 Å². The molecule has 9 heteroatoms. The highest BCUT2D eigenvalue weighted by molar-refractivity contribution is 5.89. The second-order valence-electron chi connectivity index (χ2n) is 4.22. The lowest BCUT2D eigenvalue weighted by Gasteiger charge is -2.11. The molecule has 0 aliphatic heterocycles. The number of rotatable bonds is 4. The topological polar surface area (TPSA) is 77.2 Å². The number of nitrogens with zero attached hydrogens (tertiary/aromatic N) is 3. The van der Waals surface area contributed by atoms with Gasteiger partial charge in [0, 0.05) is 0 Å². The Kier molecular flexibility index (Phi) is 4.45. The van der Waals surface area contributed by atoms with Crippen LogP contribution in [0.5, 0.6) is 0 Å². The summed E-state index contributed by atoms with van der Waals surface area (Å²) in [6, 6.07) is 5.23. The molecule has 0 unspecified atom stereocenters. The lowest BCUT2D eigenvalue weighted by atomic mass is 10.2. The highest BCUT2D eigenvalue weighted by Crippen LogP contribution is 2.32. The summed E-state index contributed by atoms with van der Waals surface area (Å²) < 4.78 is 44.5. The third-order valence-electron chi connectivity index (χ3n) is 2.78. The lowest BCUT2D eigenvalue weighted by molar-refractivity contribution is -0.143. The van der Waals surface area contributed by atoms with Crippen LogP contribution in [0.1, 0.15) is 28.7 Å². The van der Waals surface area contributed by atoms with Gasteiger partial charge in [-0.25, -0.2) is 9.48 Å². The number of aliphatic hydroxyl groups excluding tert-OH is 1. The number of halogens is 3. The van der Waals surface area contributed by atoms with Gasteiger partial charge in [-0.05, 0) is 31.2 Å². The first kappa shape index (κ1) is 16.0. The van der Waals surface area contributed by atoms with Gasteiger partial charge in [0.15, 0.2) is 5.69 Å². The van der Waals surface area contributed by atoms with E-state index in [1.54, 1.807) is 6.92 Å². The first-order chi connectivity index (χ1) is 10.4. The largest absolute Gasteiger partial charge is 0.462 e. The van der Waals surface area contributed by atoms with E-state index in [2.05, 4.69) is 10.3 Å². The van der Waals surface area contributed by atoms with Crippen LogP contribution in [0.3, 0.4) is 0 Å². The van der Waals surface area contributed by atoms with Gasteiger partial charge < -0.3 is 9.84 Å². The summed E-state index contributed by atoms with van der Waals surface area (Å²) in [5.41, 5.74) is -1.45. The van der Waals surface area contributed by atoms with Crippen molar-refractivity contribution in [1.29, 1.82) is 0 Å². The molecule has 0 aliphatic rings. The van der Waals surface area contributed by atoms with E-state index in [4.69, 9.17) is 9.84 Å². The number of benzene rings is 1. The second kappa shape index (κ2) is 6.14. The molecular weight excluding hydrogens is 303 g/mol. The zero-order chi connectivity index (χ0) is 16.3. The van der Waals surface area contributed by atoms with Crippen LogP contribution in [0, 0.1) is 0 Å². The maximum atomic E-state index is 13.0. The van der Waals surface area contributed by atoms with Crippen molar-refractivity contribution in [1.82, 2.24) is 15.0 Å². The minimum absolute atomic E-state index is 0.0626. The van der Waals surface area contributed by atoms with E-state index in [0.29, 0.717) is 4.68 Å². The molecule has 0 saturated heterocycles. The molecule has 1 aromatic carbocycles. The van der Waals surface area contributed by atoms with Gasteiger partial charge in [0.05, 0.1) is 24.5 Å². The Hall–Kier alpha value is -2.42. The Morgan fingerprint density at radius 2 is 1.95 bits per heavy atom. The summed E-state index contributed by atoms with van der Waals surface area (Å²) in [6.45, 7) is 0.963. The van der Waals surface area contributed by atoms with Gasteiger partial charge in [-0.15, -0.1) is 5.10 Å². The van der Waals surface area contributed by atoms with Gasteiger partial charge in [0.2, 0.25) is 0 Å². The van der Waals surface area contributed by atoms with Crippen molar-refractivity contribution >= 4 is 5.97 Å². The Bertz CT molecular complexity index is 665. The molecule has 118 valence electrons. The summed E-state index contributed by atoms with van der Waals surface area (Å²) >= 11 is 0. The van der Waals surface area contributed by atoms with E-state index in [-0.39, 0.29) is 17.9 Å². The van der Waals surface area contributed by atoms with Crippen molar-refractivity contribution in [3.8, 4) is 5.69 Å². The van der Waals surface area contributed by atoms with Crippen LogP contribution in [-0.4, -0.2) is 32.7 Å². The predicted octanol–water partition coefficient (Wildman–Crippen LogP) is 1.96. The molecule has 0 radical (unpaired) electrons. The first-order valence-electron chi connectivity index (χ1n) is 6.28. The number of ether oxygens (including phenoxy) is 1. The van der Waals surface area contributed by atoms with E-state index in [1.807, 2.05) is 0 Å². The number of carbonyl (C=O) groups excluding carboxylic acids is 1. The maximum Gasteiger partial charge on any atom is 0.435 e. The molecule has 0 fully saturated rings. The smallest absolute Gasteiger partial charge is 0.435 e. The molecule has 2 aromatic rings. The van der Waals surface area contributed by atoms with Crippen molar-refractivity contribution in [3.63, 3.8) is 0 Å². The van der Waals surface area contributed by atoms with Crippen molar-refractivity contribution in [2.24, 2.45) is 0 Å². The van der Waals surface area contributed by atoms with E-state index in [9.17, 15) is 18.0 Å². The fourth-order valence-electron chi connectivity index (χ4n) is 1.84. The molecule has 0 amide bonds. The molecule has 6 nitrogen and oxygen atoms in total. The number of hydrogen-bond donors (Lipinski definition) is 1. The van der Waals surface area contributed by atoms with Crippen LogP contribution >= 0.6 is 0 Å². The molecule has 0 bridgehead atoms. The molecule has 0 atom stereocenters. The molecule has 22 heavy (non-hydrogen) atoms. The third kappa shape index (κ3) is 3.08. The van der Waals surface area contributed by atoms with Crippen molar-refractivity contribution in [2.45, 2.75) is 19.7 Å². The van der Waals surface area contributed by atoms with Gasteiger partial charge in [-0.2, -0.15) is 13.2 Å². The van der Waals surface area contributed by atoms with E-state index >= 15 is 0 Å². The highest BCUT2D eigenvalue weighted by Gasteiger charge is 2.39. The Morgan fingerprint density at radius 1 is 1.32 bits per heavy atom. The average molecular weight is 315 g/mol. The van der Waals surface area contributed by atoms with E-state index in [0.717, 1.165) is 0 Å². The predicted molar refractivity (Wildman–Crippen MR) is 68.2 cm³/mol. The van der Waals surface area contributed by atoms with Gasteiger partial charge in [0.1, 0.15) is 5.69 Å². The van der Waals surface area contributed by atoms with Crippen LogP contribution in [0.15, 0.2) is 24.3 Å². The van der Waals surface area contributed by atoms with Gasteiger partial charge >= 0.3 is 12.1 Å². The zero-order valence-corrected chi connectivity index (χ0v) is 11.5. The minimum atomic E-state index is -4.72. The van der Waals surface area contributed by atoms with Crippen molar-refractivity contribution in [2.75, 3.05) is 6.61 Å². The number of esters is 1. The summed E-state index contributed by atoms with van der Waals surface area (Å²) in [5, 5.41) is 15.7. The fraction of sp³-hybridized carbons (Fsp3) is 0.308. The van der Waals surface area contributed by atoms with Crippen LogP contribution in [0.25, 0.3) is 5.69 Å². The molecule has 0 spiro atoms. The molecule has 1 N–H and O–H groups in total. The molecule has 1 heterocycles. The molecular formula is C13H12F3N3O3. The minimum Gasteiger partial charge on any atom is -0.462 e. The molecule has 1 aromatic heterocycles. The van der Waals surface area contributed by atoms with Gasteiger partial charge in [0.25, 0.3) is 0 Å². The molecule has 0 aliphatic carbocycles. The van der Waals surface area contributed by atoms with Gasteiger partial charge in [-0.3, -0.25) is 0 Å². The van der Waals surface area contributed by atoms with Crippen molar-refractivity contribution in [3.05, 3.63) is 41.2 Å². The summed E-state index contributed by atoms with van der Waals surface area (Å²) in [6.07, 6.45) is -4.72. The summed E-state index contributed by atoms with van der Waals surface area (Å²) in [5.74, 6) is -0.570. The van der Waals surface area contributed by atoms with Crippen LogP contribution in [-0.2, 0) is 17.5 Å². The van der Waals surface area contributed by atoms with E-state index < -0.39 is 30.1 Å². The monoisotopic (exact) mass is 315 g/mol. The maximum absolute atomic E-state index is 13.0. The van der Waals surface area contributed by atoms with E-state index in [1.165, 1.54) is 24.3 Å². The quantitative estimate of drug-likeness (QED) is 0.873. The number of carbonyl (C=O) groups is 1. The first-order valence-corrected chi connectivity index (χ1v) is 6.28. The molecule has 2 rings (SSSR count). The third-order valence-corrected chi connectivity index (χ3v) is 2.78. The number of aliphatic hydroxyl groups is 1. The Labute approximate surface area is 123 Å². The van der Waals surface area contributed by atoms with Gasteiger partial charge in [-0.1, -0.05) is 5.21 Å². The Balaban J connectivity index is 2.41. The van der Waals surface area contributed by atoms with Crippen LogP contribution < -0.4 is 0 Å². The second-order valence-corrected chi connectivity index (χ2v) is 4.22. The fourth-order valence-corrected chi connectivity index (χ4v) is 1.84. The summed E-state index contributed by atoms with van der Waals surface area (Å²) in [7, 11) is 0. The summed E-state index contributed by atoms with van der Waals surface area (Å²) in [4.78, 5) is 11.5. The Morgan fingerprint density at radius 3 is 2.45 bits per heavy atom. The SMILES string of the molecule is CCOC(=O)c1ccc(-n2nnc(CO)c2C(F)(F)F)cc1. The van der Waals surface area contributed by atoms with Crippen molar-refractivity contribution < 1.29 is 27.8 Å². The number of alkyl halides is 3. The number of hydrogen-bond acceptors (Lipinski definition) is 5. The van der Waals surface area contributed by atoms with Crippen LogP contribution in [0.2, 0.25) is 0 Å². The lowest BCUT2D eigenvalue weighted by Crippen LogP contribution is -2.15. The normalized spacial score (nSPS) is 11.5. The number of aromatic nitrogens is 3.